The summed E-state index contributed by atoms with van der Waals surface area (Å²) in [6.45, 7) is 0. The van der Waals surface area contributed by atoms with Crippen LogP contribution in [0.4, 0.5) is 0 Å². The molecule has 0 amide bonds. The van der Waals surface area contributed by atoms with E-state index in [-0.39, 0.29) is 0 Å². The van der Waals surface area contributed by atoms with Crippen LogP contribution in [0, 0.1) is 11.3 Å². The average Bonchev–Trinajstić information content (AvgIpc) is 3.74. The lowest BCUT2D eigenvalue weighted by Crippen LogP contribution is -2.01. The molecule has 66 heavy (non-hydrogen) atoms. The molecule has 4 nitrogen and oxygen atoms in total. The Kier molecular flexibility index (Phi) is 9.51. The Labute approximate surface area is 383 Å². The molecule has 0 atom stereocenters. The van der Waals surface area contributed by atoms with Crippen molar-refractivity contribution in [1.29, 1.82) is 5.26 Å². The lowest BCUT2D eigenvalue weighted by Gasteiger charge is -2.13. The van der Waals surface area contributed by atoms with Crippen LogP contribution in [0.15, 0.2) is 231 Å². The smallest absolute Gasteiger partial charge is 0.164 e. The minimum Gasteiger partial charge on any atom is -0.208 e. The third-order valence-corrected chi connectivity index (χ3v) is 12.7. The molecule has 0 saturated carbocycles. The number of hydrogen-bond donors (Lipinski definition) is 0. The van der Waals surface area contributed by atoms with Gasteiger partial charge in [-0.1, -0.05) is 200 Å². The van der Waals surface area contributed by atoms with E-state index in [1.54, 1.807) is 0 Å². The maximum atomic E-state index is 10.3. The van der Waals surface area contributed by atoms with E-state index in [1.807, 2.05) is 72.8 Å². The minimum absolute atomic E-state index is 0.583. The Balaban J connectivity index is 0.880. The third kappa shape index (κ3) is 6.93. The molecule has 0 aliphatic heterocycles. The quantitative estimate of drug-likeness (QED) is 0.153. The van der Waals surface area contributed by atoms with E-state index in [9.17, 15) is 5.26 Å². The number of aromatic nitrogens is 3. The first-order valence-corrected chi connectivity index (χ1v) is 22.1. The Morgan fingerprint density at radius 3 is 1.41 bits per heavy atom. The predicted molar refractivity (Wildman–Crippen MR) is 270 cm³/mol. The molecule has 0 fully saturated rings. The molecule has 0 spiro atoms. The van der Waals surface area contributed by atoms with Gasteiger partial charge in [-0.05, 0) is 119 Å². The molecule has 10 aromatic carbocycles. The van der Waals surface area contributed by atoms with Gasteiger partial charge < -0.3 is 0 Å². The zero-order chi connectivity index (χ0) is 44.0. The molecule has 0 unspecified atom stereocenters. The van der Waals surface area contributed by atoms with Crippen LogP contribution in [0.2, 0.25) is 0 Å². The van der Waals surface area contributed by atoms with E-state index in [4.69, 9.17) is 15.0 Å². The fourth-order valence-corrected chi connectivity index (χ4v) is 9.55. The van der Waals surface area contributed by atoms with Gasteiger partial charge in [-0.2, -0.15) is 5.26 Å². The summed E-state index contributed by atoms with van der Waals surface area (Å²) in [5, 5.41) is 12.9. The molecule has 1 aliphatic rings. The van der Waals surface area contributed by atoms with Gasteiger partial charge in [0.05, 0.1) is 11.6 Å². The molecule has 306 valence electrons. The molecular weight excluding hydrogens is 801 g/mol. The van der Waals surface area contributed by atoms with Crippen molar-refractivity contribution >= 4 is 10.8 Å². The van der Waals surface area contributed by atoms with Crippen LogP contribution in [0.5, 0.6) is 0 Å². The number of benzene rings is 10. The number of hydrogen-bond acceptors (Lipinski definition) is 4. The molecule has 1 aliphatic carbocycles. The van der Waals surface area contributed by atoms with Crippen molar-refractivity contribution in [1.82, 2.24) is 15.0 Å². The average molecular weight is 839 g/mol. The Morgan fingerprint density at radius 2 is 0.712 bits per heavy atom. The third-order valence-electron chi connectivity index (χ3n) is 12.7. The minimum atomic E-state index is 0.583. The molecule has 0 bridgehead atoms. The van der Waals surface area contributed by atoms with Crippen LogP contribution in [0.25, 0.3) is 123 Å². The summed E-state index contributed by atoms with van der Waals surface area (Å²) < 4.78 is 0. The summed E-state index contributed by atoms with van der Waals surface area (Å²) in [6.07, 6.45) is 0. The normalized spacial score (nSPS) is 11.3. The zero-order valence-electron chi connectivity index (χ0n) is 35.7. The predicted octanol–water partition coefficient (Wildman–Crippen LogP) is 15.9. The fraction of sp³-hybridized carbons (Fsp3) is 0. The highest BCUT2D eigenvalue weighted by atomic mass is 15.0. The van der Waals surface area contributed by atoms with Crippen LogP contribution in [-0.4, -0.2) is 15.0 Å². The standard InChI is InChI=1S/C62H38N4/c63-39-40-34-50(41-30-32-45(33-31-41)61-64-60(44-16-5-2-6-17-44)65-62(66-61)56-25-8-7-24-52(56)42-14-3-1-4-15-42)38-51(35-40)48-22-9-20-46(36-48)47-21-10-23-49(37-47)53-26-13-28-55-54-27-11-18-43-19-12-29-57(58(43)54)59(53)55/h1-38H. The molecule has 11 aromatic rings. The maximum Gasteiger partial charge on any atom is 0.164 e. The largest absolute Gasteiger partial charge is 0.208 e. The van der Waals surface area contributed by atoms with E-state index in [2.05, 4.69) is 164 Å². The first-order chi connectivity index (χ1) is 32.6. The molecule has 1 aromatic heterocycles. The molecule has 0 N–H and O–H groups in total. The summed E-state index contributed by atoms with van der Waals surface area (Å²) in [6, 6.07) is 82.8. The Bertz CT molecular complexity index is 3690. The molecule has 4 heteroatoms. The second-order valence-corrected chi connectivity index (χ2v) is 16.7. The Hall–Kier alpha value is -9.04. The van der Waals surface area contributed by atoms with Gasteiger partial charge in [-0.3, -0.25) is 0 Å². The van der Waals surface area contributed by atoms with Crippen LogP contribution >= 0.6 is 0 Å². The number of fused-ring (bicyclic) bond motifs is 3. The van der Waals surface area contributed by atoms with Crippen LogP contribution in [0.3, 0.4) is 0 Å². The Morgan fingerprint density at radius 1 is 0.273 bits per heavy atom. The van der Waals surface area contributed by atoms with Crippen LogP contribution in [-0.2, 0) is 0 Å². The monoisotopic (exact) mass is 838 g/mol. The summed E-state index contributed by atoms with van der Waals surface area (Å²) in [5.41, 5.74) is 19.2. The maximum absolute atomic E-state index is 10.3. The van der Waals surface area contributed by atoms with Gasteiger partial charge in [-0.15, -0.1) is 0 Å². The number of rotatable bonds is 8. The van der Waals surface area contributed by atoms with E-state index < -0.39 is 0 Å². The summed E-state index contributed by atoms with van der Waals surface area (Å²) >= 11 is 0. The first kappa shape index (κ1) is 38.6. The number of nitrogens with zero attached hydrogens (tertiary/aromatic N) is 4. The van der Waals surface area contributed by atoms with Crippen LogP contribution < -0.4 is 0 Å². The molecule has 1 heterocycles. The lowest BCUT2D eigenvalue weighted by atomic mass is 9.91. The highest BCUT2D eigenvalue weighted by molar-refractivity contribution is 6.18. The summed E-state index contributed by atoms with van der Waals surface area (Å²) in [5.74, 6) is 1.80. The second kappa shape index (κ2) is 16.3. The fourth-order valence-electron chi connectivity index (χ4n) is 9.55. The number of nitriles is 1. The van der Waals surface area contributed by atoms with Crippen molar-refractivity contribution in [3.05, 3.63) is 236 Å². The van der Waals surface area contributed by atoms with Crippen molar-refractivity contribution in [3.63, 3.8) is 0 Å². The van der Waals surface area contributed by atoms with E-state index in [0.717, 1.165) is 61.2 Å². The van der Waals surface area contributed by atoms with Gasteiger partial charge in [0.2, 0.25) is 0 Å². The lowest BCUT2D eigenvalue weighted by molar-refractivity contribution is 1.07. The van der Waals surface area contributed by atoms with Gasteiger partial charge in [0.15, 0.2) is 17.5 Å². The van der Waals surface area contributed by atoms with Crippen molar-refractivity contribution in [3.8, 4) is 118 Å². The van der Waals surface area contributed by atoms with E-state index >= 15 is 0 Å². The molecule has 0 saturated heterocycles. The summed E-state index contributed by atoms with van der Waals surface area (Å²) in [7, 11) is 0. The van der Waals surface area contributed by atoms with Gasteiger partial charge in [0.25, 0.3) is 0 Å². The van der Waals surface area contributed by atoms with Gasteiger partial charge in [0.1, 0.15) is 0 Å². The van der Waals surface area contributed by atoms with Crippen molar-refractivity contribution < 1.29 is 0 Å². The van der Waals surface area contributed by atoms with Crippen LogP contribution in [0.1, 0.15) is 5.56 Å². The SMILES string of the molecule is N#Cc1cc(-c2ccc(-c3nc(-c4ccccc4)nc(-c4ccccc4-c4ccccc4)n3)cc2)cc(-c2cccc(-c3cccc(-c4cccc5c4-c4cccc6cccc-5c46)c3)c2)c1. The first-order valence-electron chi connectivity index (χ1n) is 22.1. The van der Waals surface area contributed by atoms with Crippen molar-refractivity contribution in [2.75, 3.05) is 0 Å². The molecule has 0 radical (unpaired) electrons. The molecular formula is C62H38N4. The summed E-state index contributed by atoms with van der Waals surface area (Å²) in [4.78, 5) is 15.1. The zero-order valence-corrected chi connectivity index (χ0v) is 35.7. The second-order valence-electron chi connectivity index (χ2n) is 16.7. The van der Waals surface area contributed by atoms with E-state index in [1.165, 1.54) is 44.2 Å². The molecule has 12 rings (SSSR count). The van der Waals surface area contributed by atoms with Gasteiger partial charge >= 0.3 is 0 Å². The van der Waals surface area contributed by atoms with Gasteiger partial charge in [0, 0.05) is 16.7 Å². The van der Waals surface area contributed by atoms with E-state index in [0.29, 0.717) is 23.0 Å². The topological polar surface area (TPSA) is 62.5 Å². The van der Waals surface area contributed by atoms with Crippen molar-refractivity contribution in [2.24, 2.45) is 0 Å². The van der Waals surface area contributed by atoms with Crippen molar-refractivity contribution in [2.45, 2.75) is 0 Å². The van der Waals surface area contributed by atoms with Gasteiger partial charge in [-0.25, -0.2) is 15.0 Å². The highest BCUT2D eigenvalue weighted by Gasteiger charge is 2.24. The highest BCUT2D eigenvalue weighted by Crippen LogP contribution is 2.51.